The lowest BCUT2D eigenvalue weighted by atomic mass is 10.1. The minimum absolute atomic E-state index is 0.191. The van der Waals surface area contributed by atoms with Gasteiger partial charge < -0.3 is 10.1 Å². The van der Waals surface area contributed by atoms with Gasteiger partial charge in [0.1, 0.15) is 10.6 Å². The molecule has 3 nitrogen and oxygen atoms in total. The van der Waals surface area contributed by atoms with Crippen LogP contribution in [0.25, 0.3) is 10.1 Å². The van der Waals surface area contributed by atoms with E-state index in [1.807, 2.05) is 50.2 Å². The molecule has 3 aromatic rings. The van der Waals surface area contributed by atoms with Gasteiger partial charge in [-0.15, -0.1) is 11.3 Å². The molecule has 1 N–H and O–H groups in total. The lowest BCUT2D eigenvalue weighted by Gasteiger charge is -2.08. The van der Waals surface area contributed by atoms with Crippen molar-refractivity contribution in [3.05, 3.63) is 57.4 Å². The number of hydrogen-bond acceptors (Lipinski definition) is 3. The number of fused-ring (bicyclic) bond motifs is 1. The van der Waals surface area contributed by atoms with Crippen molar-refractivity contribution in [3.8, 4) is 5.75 Å². The maximum absolute atomic E-state index is 12.6. The van der Waals surface area contributed by atoms with Gasteiger partial charge in [0.2, 0.25) is 0 Å². The van der Waals surface area contributed by atoms with Gasteiger partial charge in [-0.05, 0) is 49.2 Å². The first-order valence-corrected chi connectivity index (χ1v) is 8.33. The monoisotopic (exact) mass is 345 g/mol. The highest BCUT2D eigenvalue weighted by atomic mass is 35.5. The molecule has 0 spiro atoms. The second kappa shape index (κ2) is 6.22. The third kappa shape index (κ3) is 3.05. The van der Waals surface area contributed by atoms with Gasteiger partial charge in [-0.3, -0.25) is 4.79 Å². The Hall–Kier alpha value is -2.04. The van der Waals surface area contributed by atoms with Crippen LogP contribution in [-0.2, 0) is 0 Å². The molecule has 1 amide bonds. The summed E-state index contributed by atoms with van der Waals surface area (Å²) in [6, 6.07) is 11.6. The van der Waals surface area contributed by atoms with E-state index in [9.17, 15) is 4.79 Å². The zero-order chi connectivity index (χ0) is 16.6. The molecule has 5 heteroatoms. The quantitative estimate of drug-likeness (QED) is 0.687. The van der Waals surface area contributed by atoms with E-state index in [2.05, 4.69) is 5.32 Å². The molecular weight excluding hydrogens is 330 g/mol. The van der Waals surface area contributed by atoms with Crippen LogP contribution in [0.4, 0.5) is 5.69 Å². The molecule has 0 aliphatic heterocycles. The lowest BCUT2D eigenvalue weighted by molar-refractivity contribution is 0.103. The van der Waals surface area contributed by atoms with Crippen molar-refractivity contribution in [1.29, 1.82) is 0 Å². The molecule has 23 heavy (non-hydrogen) atoms. The molecular formula is C18H16ClNO2S. The van der Waals surface area contributed by atoms with E-state index in [1.54, 1.807) is 7.11 Å². The Morgan fingerprint density at radius 2 is 1.96 bits per heavy atom. The van der Waals surface area contributed by atoms with Crippen molar-refractivity contribution in [2.45, 2.75) is 13.8 Å². The van der Waals surface area contributed by atoms with Gasteiger partial charge in [0.05, 0.1) is 12.1 Å². The molecule has 1 heterocycles. The van der Waals surface area contributed by atoms with Gasteiger partial charge in [-0.25, -0.2) is 0 Å². The van der Waals surface area contributed by atoms with Gasteiger partial charge in [-0.2, -0.15) is 0 Å². The summed E-state index contributed by atoms with van der Waals surface area (Å²) in [5, 5.41) is 4.25. The number of rotatable bonds is 3. The Labute approximate surface area is 143 Å². The molecule has 0 fully saturated rings. The fourth-order valence-corrected chi connectivity index (χ4v) is 3.75. The maximum Gasteiger partial charge on any atom is 0.267 e. The molecule has 0 radical (unpaired) electrons. The number of nitrogens with one attached hydrogen (secondary N) is 1. The Balaban J connectivity index is 1.97. The van der Waals surface area contributed by atoms with Crippen molar-refractivity contribution in [2.24, 2.45) is 0 Å². The highest BCUT2D eigenvalue weighted by molar-refractivity contribution is 7.21. The lowest BCUT2D eigenvalue weighted by Crippen LogP contribution is -2.11. The standard InChI is InChI=1S/C18H16ClNO2S/c1-10-4-5-11(2)14(8-10)20-18(21)17-16(19)13-9-12(22-3)6-7-15(13)23-17/h4-9H,1-3H3,(H,20,21). The number of halogens is 1. The number of benzene rings is 2. The zero-order valence-corrected chi connectivity index (χ0v) is 14.6. The Bertz CT molecular complexity index is 901. The van der Waals surface area contributed by atoms with Crippen molar-refractivity contribution in [2.75, 3.05) is 12.4 Å². The van der Waals surface area contributed by atoms with E-state index in [1.165, 1.54) is 11.3 Å². The average Bonchev–Trinajstić information content (AvgIpc) is 2.87. The number of carbonyl (C=O) groups is 1. The molecule has 3 rings (SSSR count). The number of carbonyl (C=O) groups excluding carboxylic acids is 1. The minimum atomic E-state index is -0.191. The van der Waals surface area contributed by atoms with Crippen LogP contribution in [0.15, 0.2) is 36.4 Å². The average molecular weight is 346 g/mol. The van der Waals surface area contributed by atoms with E-state index in [4.69, 9.17) is 16.3 Å². The summed E-state index contributed by atoms with van der Waals surface area (Å²) in [5.74, 6) is 0.530. The summed E-state index contributed by atoms with van der Waals surface area (Å²) in [4.78, 5) is 13.1. The first-order valence-electron chi connectivity index (χ1n) is 7.14. The van der Waals surface area contributed by atoms with Gasteiger partial charge in [0.15, 0.2) is 0 Å². The SMILES string of the molecule is COc1ccc2sc(C(=O)Nc3cc(C)ccc3C)c(Cl)c2c1. The number of ether oxygens (including phenoxy) is 1. The molecule has 0 aliphatic rings. The van der Waals surface area contributed by atoms with Crippen LogP contribution in [0, 0.1) is 13.8 Å². The van der Waals surface area contributed by atoms with Crippen LogP contribution >= 0.6 is 22.9 Å². The predicted octanol–water partition coefficient (Wildman–Crippen LogP) is 5.43. The van der Waals surface area contributed by atoms with Crippen LogP contribution in [0.2, 0.25) is 5.02 Å². The number of methoxy groups -OCH3 is 1. The second-order valence-corrected chi connectivity index (χ2v) is 6.81. The van der Waals surface area contributed by atoms with E-state index in [0.717, 1.165) is 32.6 Å². The predicted molar refractivity (Wildman–Crippen MR) is 97.3 cm³/mol. The van der Waals surface area contributed by atoms with Crippen molar-refractivity contribution in [3.63, 3.8) is 0 Å². The highest BCUT2D eigenvalue weighted by Gasteiger charge is 2.18. The first kappa shape index (κ1) is 15.8. The molecule has 0 saturated carbocycles. The summed E-state index contributed by atoms with van der Waals surface area (Å²) >= 11 is 7.79. The Morgan fingerprint density at radius 3 is 2.70 bits per heavy atom. The van der Waals surface area contributed by atoms with Crippen LogP contribution in [0.3, 0.4) is 0 Å². The van der Waals surface area contributed by atoms with Crippen LogP contribution < -0.4 is 10.1 Å². The second-order valence-electron chi connectivity index (χ2n) is 5.38. The number of anilines is 1. The first-order chi connectivity index (χ1) is 11.0. The normalized spacial score (nSPS) is 10.8. The fourth-order valence-electron chi connectivity index (χ4n) is 2.37. The van der Waals surface area contributed by atoms with Crippen LogP contribution in [-0.4, -0.2) is 13.0 Å². The third-order valence-electron chi connectivity index (χ3n) is 3.68. The minimum Gasteiger partial charge on any atom is -0.497 e. The largest absolute Gasteiger partial charge is 0.497 e. The van der Waals surface area contributed by atoms with E-state index in [-0.39, 0.29) is 5.91 Å². The van der Waals surface area contributed by atoms with Gasteiger partial charge in [0, 0.05) is 15.8 Å². The smallest absolute Gasteiger partial charge is 0.267 e. The summed E-state index contributed by atoms with van der Waals surface area (Å²) in [7, 11) is 1.61. The molecule has 1 aromatic heterocycles. The van der Waals surface area contributed by atoms with Crippen molar-refractivity contribution >= 4 is 44.6 Å². The fraction of sp³-hybridized carbons (Fsp3) is 0.167. The van der Waals surface area contributed by atoms with E-state index >= 15 is 0 Å². The number of amides is 1. The van der Waals surface area contributed by atoms with Gasteiger partial charge >= 0.3 is 0 Å². The summed E-state index contributed by atoms with van der Waals surface area (Å²) in [6.45, 7) is 3.96. The molecule has 0 atom stereocenters. The number of hydrogen-bond donors (Lipinski definition) is 1. The van der Waals surface area contributed by atoms with Crippen LogP contribution in [0.5, 0.6) is 5.75 Å². The molecule has 0 aliphatic carbocycles. The van der Waals surface area contributed by atoms with E-state index in [0.29, 0.717) is 9.90 Å². The number of thiophene rings is 1. The topological polar surface area (TPSA) is 38.3 Å². The van der Waals surface area contributed by atoms with Gasteiger partial charge in [-0.1, -0.05) is 23.7 Å². The highest BCUT2D eigenvalue weighted by Crippen LogP contribution is 2.37. The molecule has 0 saturated heterocycles. The van der Waals surface area contributed by atoms with Crippen molar-refractivity contribution in [1.82, 2.24) is 0 Å². The number of aryl methyl sites for hydroxylation is 2. The Morgan fingerprint density at radius 1 is 1.17 bits per heavy atom. The zero-order valence-electron chi connectivity index (χ0n) is 13.1. The van der Waals surface area contributed by atoms with E-state index < -0.39 is 0 Å². The summed E-state index contributed by atoms with van der Waals surface area (Å²) < 4.78 is 6.18. The molecule has 0 bridgehead atoms. The molecule has 118 valence electrons. The Kier molecular flexibility index (Phi) is 4.28. The third-order valence-corrected chi connectivity index (χ3v) is 5.36. The van der Waals surface area contributed by atoms with Crippen molar-refractivity contribution < 1.29 is 9.53 Å². The summed E-state index contributed by atoms with van der Waals surface area (Å²) in [6.07, 6.45) is 0. The summed E-state index contributed by atoms with van der Waals surface area (Å²) in [5.41, 5.74) is 2.92. The van der Waals surface area contributed by atoms with Gasteiger partial charge in [0.25, 0.3) is 5.91 Å². The van der Waals surface area contributed by atoms with Crippen LogP contribution in [0.1, 0.15) is 20.8 Å². The maximum atomic E-state index is 12.6. The molecule has 2 aromatic carbocycles. The molecule has 0 unspecified atom stereocenters.